The number of aromatic nitrogens is 3. The van der Waals surface area contributed by atoms with E-state index >= 15 is 0 Å². The van der Waals surface area contributed by atoms with E-state index in [-0.39, 0.29) is 5.03 Å². The Kier molecular flexibility index (Phi) is 3.39. The molecule has 2 aromatic rings. The molecule has 110 valence electrons. The SMILES string of the molecule is N#CC1(NS(=O)(=O)c2[nH]nc3ncccc23)CCCCC1. The lowest BCUT2D eigenvalue weighted by Crippen LogP contribution is -2.48. The van der Waals surface area contributed by atoms with E-state index in [0.717, 1.165) is 19.3 Å². The van der Waals surface area contributed by atoms with Gasteiger partial charge < -0.3 is 0 Å². The van der Waals surface area contributed by atoms with Gasteiger partial charge in [0.15, 0.2) is 10.7 Å². The summed E-state index contributed by atoms with van der Waals surface area (Å²) in [5.41, 5.74) is -0.677. The van der Waals surface area contributed by atoms with E-state index in [1.807, 2.05) is 0 Å². The molecule has 0 spiro atoms. The first kappa shape index (κ1) is 14.0. The number of hydrogen-bond donors (Lipinski definition) is 2. The average molecular weight is 305 g/mol. The molecule has 1 saturated carbocycles. The highest BCUT2D eigenvalue weighted by Crippen LogP contribution is 2.30. The van der Waals surface area contributed by atoms with Gasteiger partial charge in [-0.15, -0.1) is 0 Å². The summed E-state index contributed by atoms with van der Waals surface area (Å²) in [5, 5.41) is 16.2. The smallest absolute Gasteiger partial charge is 0.259 e. The van der Waals surface area contributed by atoms with Crippen LogP contribution in [0.15, 0.2) is 23.4 Å². The number of sulfonamides is 1. The Hall–Kier alpha value is -1.98. The fraction of sp³-hybridized carbons (Fsp3) is 0.462. The molecule has 2 aromatic heterocycles. The second kappa shape index (κ2) is 5.09. The minimum absolute atomic E-state index is 0.0363. The molecular formula is C13H15N5O2S. The highest BCUT2D eigenvalue weighted by molar-refractivity contribution is 7.89. The molecule has 0 amide bonds. The highest BCUT2D eigenvalue weighted by atomic mass is 32.2. The number of rotatable bonds is 3. The quantitative estimate of drug-likeness (QED) is 0.891. The Morgan fingerprint density at radius 1 is 1.33 bits per heavy atom. The number of nitriles is 1. The zero-order chi connectivity index (χ0) is 14.9. The van der Waals surface area contributed by atoms with Gasteiger partial charge in [0.25, 0.3) is 10.0 Å². The lowest BCUT2D eigenvalue weighted by molar-refractivity contribution is 0.338. The standard InChI is InChI=1S/C13H15N5O2S/c14-9-13(6-2-1-3-7-13)18-21(19,20)12-10-5-4-8-15-11(10)16-17-12/h4-5,8,18H,1-3,6-7H2,(H,15,16,17). The number of H-pyrrole nitrogens is 1. The Morgan fingerprint density at radius 2 is 2.10 bits per heavy atom. The van der Waals surface area contributed by atoms with Gasteiger partial charge in [0.2, 0.25) is 0 Å². The fourth-order valence-corrected chi connectivity index (χ4v) is 4.21. The van der Waals surface area contributed by atoms with Crippen LogP contribution < -0.4 is 4.72 Å². The minimum Gasteiger partial charge on any atom is -0.263 e. The molecule has 0 bridgehead atoms. The summed E-state index contributed by atoms with van der Waals surface area (Å²) in [5.74, 6) is 0. The Balaban J connectivity index is 1.99. The topological polar surface area (TPSA) is 112 Å². The molecule has 0 atom stereocenters. The molecule has 21 heavy (non-hydrogen) atoms. The number of nitrogens with zero attached hydrogens (tertiary/aromatic N) is 3. The summed E-state index contributed by atoms with van der Waals surface area (Å²) in [6, 6.07) is 5.43. The zero-order valence-corrected chi connectivity index (χ0v) is 12.2. The van der Waals surface area contributed by atoms with Gasteiger partial charge in [0, 0.05) is 6.20 Å². The molecule has 0 saturated heterocycles. The summed E-state index contributed by atoms with van der Waals surface area (Å²) in [7, 11) is -3.84. The number of nitrogens with one attached hydrogen (secondary N) is 2. The predicted molar refractivity (Wildman–Crippen MR) is 75.6 cm³/mol. The molecule has 7 nitrogen and oxygen atoms in total. The highest BCUT2D eigenvalue weighted by Gasteiger charge is 2.37. The molecule has 1 aliphatic carbocycles. The number of pyridine rings is 1. The zero-order valence-electron chi connectivity index (χ0n) is 11.3. The maximum absolute atomic E-state index is 12.6. The van der Waals surface area contributed by atoms with Crippen molar-refractivity contribution < 1.29 is 8.42 Å². The van der Waals surface area contributed by atoms with Gasteiger partial charge in [0.05, 0.1) is 11.5 Å². The summed E-state index contributed by atoms with van der Waals surface area (Å²) in [6.07, 6.45) is 5.34. The van der Waals surface area contributed by atoms with Gasteiger partial charge in [-0.05, 0) is 25.0 Å². The lowest BCUT2D eigenvalue weighted by Gasteiger charge is -2.30. The van der Waals surface area contributed by atoms with Gasteiger partial charge in [-0.3, -0.25) is 5.10 Å². The Bertz CT molecular complexity index is 799. The second-order valence-corrected chi connectivity index (χ2v) is 6.91. The van der Waals surface area contributed by atoms with Crippen molar-refractivity contribution in [1.82, 2.24) is 19.9 Å². The van der Waals surface area contributed by atoms with Crippen molar-refractivity contribution in [3.05, 3.63) is 18.3 Å². The summed E-state index contributed by atoms with van der Waals surface area (Å²) in [6.45, 7) is 0. The Labute approximate surface area is 122 Å². The number of hydrogen-bond acceptors (Lipinski definition) is 5. The molecule has 1 aliphatic rings. The minimum atomic E-state index is -3.84. The van der Waals surface area contributed by atoms with E-state index in [4.69, 9.17) is 0 Å². The Morgan fingerprint density at radius 3 is 2.81 bits per heavy atom. The van der Waals surface area contributed by atoms with E-state index in [1.165, 1.54) is 0 Å². The lowest BCUT2D eigenvalue weighted by atomic mass is 9.84. The van der Waals surface area contributed by atoms with Crippen molar-refractivity contribution in [2.75, 3.05) is 0 Å². The van der Waals surface area contributed by atoms with Gasteiger partial charge >= 0.3 is 0 Å². The molecule has 2 N–H and O–H groups in total. The summed E-state index contributed by atoms with van der Waals surface area (Å²) < 4.78 is 27.7. The fourth-order valence-electron chi connectivity index (χ4n) is 2.73. The van der Waals surface area contributed by atoms with E-state index < -0.39 is 15.6 Å². The van der Waals surface area contributed by atoms with Crippen LogP contribution in [0.25, 0.3) is 11.0 Å². The predicted octanol–water partition coefficient (Wildman–Crippen LogP) is 1.46. The van der Waals surface area contributed by atoms with Crippen molar-refractivity contribution in [2.45, 2.75) is 42.7 Å². The van der Waals surface area contributed by atoms with Crippen molar-refractivity contribution in [3.8, 4) is 6.07 Å². The van der Waals surface area contributed by atoms with Gasteiger partial charge in [-0.2, -0.15) is 15.1 Å². The molecule has 0 radical (unpaired) electrons. The van der Waals surface area contributed by atoms with Crippen LogP contribution in [0.3, 0.4) is 0 Å². The van der Waals surface area contributed by atoms with Crippen LogP contribution in [0.5, 0.6) is 0 Å². The van der Waals surface area contributed by atoms with Crippen LogP contribution >= 0.6 is 0 Å². The second-order valence-electron chi connectivity index (χ2n) is 5.29. The first-order valence-corrected chi connectivity index (χ1v) is 8.29. The molecule has 0 aliphatic heterocycles. The van der Waals surface area contributed by atoms with Crippen LogP contribution in [-0.4, -0.2) is 29.1 Å². The van der Waals surface area contributed by atoms with Crippen LogP contribution in [0.4, 0.5) is 0 Å². The van der Waals surface area contributed by atoms with E-state index in [9.17, 15) is 13.7 Å². The van der Waals surface area contributed by atoms with Crippen molar-refractivity contribution in [3.63, 3.8) is 0 Å². The van der Waals surface area contributed by atoms with E-state index in [0.29, 0.717) is 23.9 Å². The monoisotopic (exact) mass is 305 g/mol. The molecule has 2 heterocycles. The van der Waals surface area contributed by atoms with E-state index in [1.54, 1.807) is 18.3 Å². The number of aromatic amines is 1. The summed E-state index contributed by atoms with van der Waals surface area (Å²) in [4.78, 5) is 4.00. The molecule has 1 fully saturated rings. The van der Waals surface area contributed by atoms with Crippen molar-refractivity contribution in [2.24, 2.45) is 0 Å². The molecule has 0 aromatic carbocycles. The maximum atomic E-state index is 12.6. The van der Waals surface area contributed by atoms with Crippen molar-refractivity contribution in [1.29, 1.82) is 5.26 Å². The first-order chi connectivity index (χ1) is 10.1. The molecule has 3 rings (SSSR count). The normalized spacial score (nSPS) is 18.4. The van der Waals surface area contributed by atoms with E-state index in [2.05, 4.69) is 26.0 Å². The first-order valence-electron chi connectivity index (χ1n) is 6.81. The average Bonchev–Trinajstić information content (AvgIpc) is 2.92. The van der Waals surface area contributed by atoms with Gasteiger partial charge in [-0.1, -0.05) is 19.3 Å². The van der Waals surface area contributed by atoms with Crippen LogP contribution in [-0.2, 0) is 10.0 Å². The largest absolute Gasteiger partial charge is 0.263 e. The van der Waals surface area contributed by atoms with Gasteiger partial charge in [0.1, 0.15) is 5.54 Å². The maximum Gasteiger partial charge on any atom is 0.259 e. The molecule has 8 heteroatoms. The third kappa shape index (κ3) is 2.50. The van der Waals surface area contributed by atoms with Crippen LogP contribution in [0.1, 0.15) is 32.1 Å². The molecule has 0 unspecified atom stereocenters. The van der Waals surface area contributed by atoms with Crippen molar-refractivity contribution >= 4 is 21.1 Å². The van der Waals surface area contributed by atoms with Crippen LogP contribution in [0.2, 0.25) is 0 Å². The third-order valence-corrected chi connectivity index (χ3v) is 5.32. The summed E-state index contributed by atoms with van der Waals surface area (Å²) >= 11 is 0. The molecular weight excluding hydrogens is 290 g/mol. The van der Waals surface area contributed by atoms with Gasteiger partial charge in [-0.25, -0.2) is 13.4 Å². The van der Waals surface area contributed by atoms with Crippen LogP contribution in [0, 0.1) is 11.3 Å². The number of fused-ring (bicyclic) bond motifs is 1. The third-order valence-electron chi connectivity index (χ3n) is 3.81.